The number of carbonyl (C=O) groups is 3. The average Bonchev–Trinajstić information content (AvgIpc) is 2.69. The summed E-state index contributed by atoms with van der Waals surface area (Å²) in [5.41, 5.74) is 6.19. The van der Waals surface area contributed by atoms with Crippen LogP contribution < -0.4 is 16.4 Å². The minimum atomic E-state index is -0.698. The fourth-order valence-corrected chi connectivity index (χ4v) is 3.64. The molecule has 0 aliphatic carbocycles. The van der Waals surface area contributed by atoms with Crippen molar-refractivity contribution in [1.82, 2.24) is 15.5 Å². The normalized spacial score (nSPS) is 18.2. The number of rotatable bonds is 10. The largest absolute Gasteiger partial charge is 0.369 e. The molecule has 0 bridgehead atoms. The maximum Gasteiger partial charge on any atom is 0.247 e. The van der Waals surface area contributed by atoms with Crippen LogP contribution in [0.15, 0.2) is 30.3 Å². The molecule has 0 radical (unpaired) electrons. The molecule has 1 aromatic rings. The summed E-state index contributed by atoms with van der Waals surface area (Å²) in [5.74, 6) is -0.414. The van der Waals surface area contributed by atoms with Crippen molar-refractivity contribution < 1.29 is 14.4 Å². The van der Waals surface area contributed by atoms with E-state index in [2.05, 4.69) is 15.5 Å². The van der Waals surface area contributed by atoms with E-state index < -0.39 is 6.04 Å². The first-order valence-electron chi connectivity index (χ1n) is 10.5. The van der Waals surface area contributed by atoms with Crippen LogP contribution in [0.2, 0.25) is 0 Å². The molecule has 4 N–H and O–H groups in total. The van der Waals surface area contributed by atoms with Crippen LogP contribution in [0, 0.1) is 11.8 Å². The van der Waals surface area contributed by atoms with Gasteiger partial charge in [0.15, 0.2) is 0 Å². The summed E-state index contributed by atoms with van der Waals surface area (Å²) in [7, 11) is 0. The Balaban J connectivity index is 1.84. The van der Waals surface area contributed by atoms with Crippen LogP contribution in [0.1, 0.15) is 51.1 Å². The molecule has 2 atom stereocenters. The highest BCUT2D eigenvalue weighted by Gasteiger charge is 2.24. The van der Waals surface area contributed by atoms with Gasteiger partial charge in [0.2, 0.25) is 17.7 Å². The van der Waals surface area contributed by atoms with Crippen molar-refractivity contribution in [3.63, 3.8) is 0 Å². The number of nitrogens with one attached hydrogen (secondary N) is 2. The third-order valence-electron chi connectivity index (χ3n) is 5.15. The predicted octanol–water partition coefficient (Wildman–Crippen LogP) is 1.59. The summed E-state index contributed by atoms with van der Waals surface area (Å²) in [5, 5.41) is 5.80. The molecule has 2 rings (SSSR count). The van der Waals surface area contributed by atoms with Gasteiger partial charge in [0.1, 0.15) is 6.04 Å². The number of hydrogen-bond acceptors (Lipinski definition) is 4. The van der Waals surface area contributed by atoms with Gasteiger partial charge in [0, 0.05) is 19.5 Å². The van der Waals surface area contributed by atoms with Crippen LogP contribution in [0.4, 0.5) is 0 Å². The molecule has 0 aromatic heterocycles. The van der Waals surface area contributed by atoms with Gasteiger partial charge in [-0.25, -0.2) is 0 Å². The number of nitrogens with two attached hydrogens (primary N) is 1. The summed E-state index contributed by atoms with van der Waals surface area (Å²) in [4.78, 5) is 38.6. The highest BCUT2D eigenvalue weighted by molar-refractivity contribution is 5.88. The molecule has 1 aromatic carbocycles. The first-order chi connectivity index (χ1) is 13.9. The number of nitrogens with zero attached hydrogens (tertiary/aromatic N) is 1. The number of hydrogen-bond donors (Lipinski definition) is 3. The molecular formula is C22H34N4O3. The van der Waals surface area contributed by atoms with E-state index >= 15 is 0 Å². The molecule has 3 amide bonds. The molecule has 7 heteroatoms. The van der Waals surface area contributed by atoms with E-state index in [4.69, 9.17) is 5.73 Å². The zero-order chi connectivity index (χ0) is 21.2. The lowest BCUT2D eigenvalue weighted by molar-refractivity contribution is -0.129. The number of primary amides is 1. The quantitative estimate of drug-likeness (QED) is 0.517. The van der Waals surface area contributed by atoms with Crippen LogP contribution in [0.3, 0.4) is 0 Å². The zero-order valence-electron chi connectivity index (χ0n) is 17.5. The Morgan fingerprint density at radius 2 is 1.93 bits per heavy atom. The Labute approximate surface area is 173 Å². The van der Waals surface area contributed by atoms with Gasteiger partial charge in [-0.3, -0.25) is 14.4 Å². The number of likely N-dealkylation sites (tertiary alicyclic amines) is 1. The summed E-state index contributed by atoms with van der Waals surface area (Å²) in [6, 6.07) is 8.59. The minimum absolute atomic E-state index is 0.0722. The standard InChI is InChI=1S/C22H34N4O3/c1-16(2)14-19(27)25-20(17-8-4-3-5-9-17)22(29)24-11-7-13-26-12-6-10-18(15-26)21(23)28/h3-5,8-9,16,18,20H,6-7,10-15H2,1-2H3,(H2,23,28)(H,24,29)(H,25,27). The van der Waals surface area contributed by atoms with E-state index in [0.29, 0.717) is 19.5 Å². The SMILES string of the molecule is CC(C)CC(=O)NC(C(=O)NCCCN1CCCC(C(N)=O)C1)c1ccccc1. The van der Waals surface area contributed by atoms with Gasteiger partial charge in [-0.1, -0.05) is 44.2 Å². The Kier molecular flexibility index (Phi) is 9.12. The van der Waals surface area contributed by atoms with Crippen molar-refractivity contribution in [2.45, 2.75) is 45.6 Å². The second-order valence-corrected chi connectivity index (χ2v) is 8.20. The Morgan fingerprint density at radius 1 is 1.21 bits per heavy atom. The Morgan fingerprint density at radius 3 is 2.59 bits per heavy atom. The molecular weight excluding hydrogens is 368 g/mol. The van der Waals surface area contributed by atoms with Gasteiger partial charge in [0.25, 0.3) is 0 Å². The van der Waals surface area contributed by atoms with Crippen molar-refractivity contribution in [1.29, 1.82) is 0 Å². The fourth-order valence-electron chi connectivity index (χ4n) is 3.64. The summed E-state index contributed by atoms with van der Waals surface area (Å²) < 4.78 is 0. The van der Waals surface area contributed by atoms with Gasteiger partial charge in [-0.15, -0.1) is 0 Å². The molecule has 7 nitrogen and oxygen atoms in total. The minimum Gasteiger partial charge on any atom is -0.369 e. The number of piperidine rings is 1. The van der Waals surface area contributed by atoms with Crippen molar-refractivity contribution in [3.05, 3.63) is 35.9 Å². The highest BCUT2D eigenvalue weighted by Crippen LogP contribution is 2.16. The van der Waals surface area contributed by atoms with E-state index in [-0.39, 0.29) is 29.6 Å². The van der Waals surface area contributed by atoms with Gasteiger partial charge in [-0.05, 0) is 43.8 Å². The lowest BCUT2D eigenvalue weighted by atomic mass is 9.97. The van der Waals surface area contributed by atoms with Gasteiger partial charge in [0.05, 0.1) is 5.92 Å². The number of benzene rings is 1. The average molecular weight is 403 g/mol. The maximum absolute atomic E-state index is 12.8. The third kappa shape index (κ3) is 7.85. The maximum atomic E-state index is 12.8. The van der Waals surface area contributed by atoms with Gasteiger partial charge < -0.3 is 21.3 Å². The van der Waals surface area contributed by atoms with E-state index in [9.17, 15) is 14.4 Å². The lowest BCUT2D eigenvalue weighted by Gasteiger charge is -2.31. The van der Waals surface area contributed by atoms with Crippen molar-refractivity contribution in [2.24, 2.45) is 17.6 Å². The zero-order valence-corrected chi connectivity index (χ0v) is 17.5. The molecule has 1 saturated heterocycles. The summed E-state index contributed by atoms with van der Waals surface area (Å²) >= 11 is 0. The molecule has 0 saturated carbocycles. The molecule has 0 spiro atoms. The van der Waals surface area contributed by atoms with Crippen LogP contribution >= 0.6 is 0 Å². The molecule has 1 aliphatic rings. The van der Waals surface area contributed by atoms with Gasteiger partial charge >= 0.3 is 0 Å². The fraction of sp³-hybridized carbons (Fsp3) is 0.591. The first kappa shape index (κ1) is 22.9. The molecule has 160 valence electrons. The third-order valence-corrected chi connectivity index (χ3v) is 5.15. The van der Waals surface area contributed by atoms with E-state index in [1.165, 1.54) is 0 Å². The Bertz CT molecular complexity index is 678. The lowest BCUT2D eigenvalue weighted by Crippen LogP contribution is -2.43. The number of amides is 3. The second-order valence-electron chi connectivity index (χ2n) is 8.20. The monoisotopic (exact) mass is 402 g/mol. The predicted molar refractivity (Wildman–Crippen MR) is 113 cm³/mol. The second kappa shape index (κ2) is 11.6. The van der Waals surface area contributed by atoms with E-state index in [0.717, 1.165) is 37.9 Å². The van der Waals surface area contributed by atoms with Crippen molar-refractivity contribution in [2.75, 3.05) is 26.2 Å². The Hall–Kier alpha value is -2.41. The summed E-state index contributed by atoms with van der Waals surface area (Å²) in [6.45, 7) is 6.91. The topological polar surface area (TPSA) is 105 Å². The van der Waals surface area contributed by atoms with Gasteiger partial charge in [-0.2, -0.15) is 0 Å². The molecule has 1 heterocycles. The van der Waals surface area contributed by atoms with Crippen LogP contribution in [0.25, 0.3) is 0 Å². The van der Waals surface area contributed by atoms with Crippen LogP contribution in [0.5, 0.6) is 0 Å². The highest BCUT2D eigenvalue weighted by atomic mass is 16.2. The van der Waals surface area contributed by atoms with Crippen LogP contribution in [-0.4, -0.2) is 48.8 Å². The molecule has 2 unspecified atom stereocenters. The van der Waals surface area contributed by atoms with Crippen molar-refractivity contribution >= 4 is 17.7 Å². The van der Waals surface area contributed by atoms with Crippen molar-refractivity contribution in [3.8, 4) is 0 Å². The molecule has 1 fully saturated rings. The first-order valence-corrected chi connectivity index (χ1v) is 10.5. The number of carbonyl (C=O) groups excluding carboxylic acids is 3. The molecule has 29 heavy (non-hydrogen) atoms. The summed E-state index contributed by atoms with van der Waals surface area (Å²) in [6.07, 6.45) is 2.99. The molecule has 1 aliphatic heterocycles. The van der Waals surface area contributed by atoms with Crippen LogP contribution in [-0.2, 0) is 14.4 Å². The smallest absolute Gasteiger partial charge is 0.247 e. The van der Waals surface area contributed by atoms with E-state index in [1.807, 2.05) is 44.2 Å². The van der Waals surface area contributed by atoms with E-state index in [1.54, 1.807) is 0 Å².